The Labute approximate surface area is 118 Å². The van der Waals surface area contributed by atoms with Gasteiger partial charge in [-0.3, -0.25) is 0 Å². The van der Waals surface area contributed by atoms with Crippen LogP contribution in [0.15, 0.2) is 29.2 Å². The largest absolute Gasteiger partial charge is 0.374 e. The van der Waals surface area contributed by atoms with Crippen LogP contribution < -0.4 is 5.32 Å². The third kappa shape index (κ3) is 5.10. The summed E-state index contributed by atoms with van der Waals surface area (Å²) >= 11 is 1.56. The zero-order valence-electron chi connectivity index (χ0n) is 11.3. The smallest absolute Gasteiger partial charge is 0.136 e. The molecule has 2 rings (SSSR count). The van der Waals surface area contributed by atoms with E-state index in [1.807, 2.05) is 12.1 Å². The number of morpholine rings is 1. The summed E-state index contributed by atoms with van der Waals surface area (Å²) in [5.74, 6) is 0.757. The molecule has 1 aromatic rings. The lowest BCUT2D eigenvalue weighted by atomic mass is 10.3. The third-order valence-electron chi connectivity index (χ3n) is 3.09. The summed E-state index contributed by atoms with van der Waals surface area (Å²) in [6.45, 7) is 4.51. The molecule has 1 atom stereocenters. The van der Waals surface area contributed by atoms with Gasteiger partial charge in [0, 0.05) is 36.8 Å². The van der Waals surface area contributed by atoms with Crippen LogP contribution >= 0.6 is 11.8 Å². The average molecular weight is 284 g/mol. The number of rotatable bonds is 6. The van der Waals surface area contributed by atoms with Crippen molar-refractivity contribution in [3.8, 4) is 0 Å². The molecule has 19 heavy (non-hydrogen) atoms. The first-order chi connectivity index (χ1) is 9.25. The summed E-state index contributed by atoms with van der Waals surface area (Å²) in [6.07, 6.45) is 0.275. The van der Waals surface area contributed by atoms with Crippen LogP contribution in [0, 0.1) is 5.82 Å². The standard InChI is InChI=1S/C14H21FN2OS/c1-17(11-12-10-16-6-8-18-12)7-9-19-14-5-3-2-4-13(14)15/h2-5,12,16H,6-11H2,1H3. The Morgan fingerprint density at radius 3 is 3.05 bits per heavy atom. The van der Waals surface area contributed by atoms with E-state index in [9.17, 15) is 4.39 Å². The van der Waals surface area contributed by atoms with Crippen molar-refractivity contribution in [3.05, 3.63) is 30.1 Å². The average Bonchev–Trinajstić information content (AvgIpc) is 2.42. The highest BCUT2D eigenvalue weighted by Crippen LogP contribution is 2.20. The summed E-state index contributed by atoms with van der Waals surface area (Å²) in [7, 11) is 2.08. The van der Waals surface area contributed by atoms with Gasteiger partial charge in [-0.05, 0) is 19.2 Å². The van der Waals surface area contributed by atoms with E-state index in [4.69, 9.17) is 4.74 Å². The summed E-state index contributed by atoms with van der Waals surface area (Å²) in [5.41, 5.74) is 0. The monoisotopic (exact) mass is 284 g/mol. The molecule has 1 fully saturated rings. The van der Waals surface area contributed by atoms with E-state index in [0.717, 1.165) is 43.4 Å². The lowest BCUT2D eigenvalue weighted by molar-refractivity contribution is 0.0110. The van der Waals surface area contributed by atoms with Crippen LogP contribution in [0.2, 0.25) is 0 Å². The molecule has 1 aromatic carbocycles. The summed E-state index contributed by atoms with van der Waals surface area (Å²) in [4.78, 5) is 2.97. The van der Waals surface area contributed by atoms with E-state index in [0.29, 0.717) is 0 Å². The van der Waals surface area contributed by atoms with Crippen molar-refractivity contribution in [2.75, 3.05) is 45.6 Å². The van der Waals surface area contributed by atoms with Crippen LogP contribution in [-0.2, 0) is 4.74 Å². The zero-order chi connectivity index (χ0) is 13.5. The molecule has 1 aliphatic heterocycles. The van der Waals surface area contributed by atoms with Crippen molar-refractivity contribution in [2.24, 2.45) is 0 Å². The fourth-order valence-corrected chi connectivity index (χ4v) is 3.05. The van der Waals surface area contributed by atoms with Crippen molar-refractivity contribution in [3.63, 3.8) is 0 Å². The molecule has 5 heteroatoms. The molecule has 3 nitrogen and oxygen atoms in total. The van der Waals surface area contributed by atoms with Gasteiger partial charge in [0.25, 0.3) is 0 Å². The van der Waals surface area contributed by atoms with Gasteiger partial charge in [0.1, 0.15) is 5.82 Å². The number of thioether (sulfide) groups is 1. The maximum Gasteiger partial charge on any atom is 0.136 e. The van der Waals surface area contributed by atoms with Gasteiger partial charge in [0.05, 0.1) is 12.7 Å². The Bertz CT molecular complexity index is 385. The second-order valence-corrected chi connectivity index (χ2v) is 5.87. The minimum absolute atomic E-state index is 0.130. The predicted molar refractivity (Wildman–Crippen MR) is 77.2 cm³/mol. The van der Waals surface area contributed by atoms with Gasteiger partial charge in [0.15, 0.2) is 0 Å². The number of likely N-dealkylation sites (N-methyl/N-ethyl adjacent to an activating group) is 1. The quantitative estimate of drug-likeness (QED) is 0.806. The van der Waals surface area contributed by atoms with Gasteiger partial charge in [-0.2, -0.15) is 0 Å². The summed E-state index contributed by atoms with van der Waals surface area (Å²) < 4.78 is 19.1. The number of nitrogens with one attached hydrogen (secondary N) is 1. The molecule has 1 saturated heterocycles. The van der Waals surface area contributed by atoms with Crippen molar-refractivity contribution in [2.45, 2.75) is 11.0 Å². The molecule has 1 aliphatic rings. The molecule has 1 heterocycles. The molecule has 0 aliphatic carbocycles. The Kier molecular flexibility index (Phi) is 6.10. The molecular weight excluding hydrogens is 263 g/mol. The first-order valence-electron chi connectivity index (χ1n) is 6.64. The van der Waals surface area contributed by atoms with Gasteiger partial charge in [-0.15, -0.1) is 11.8 Å². The zero-order valence-corrected chi connectivity index (χ0v) is 12.1. The van der Waals surface area contributed by atoms with E-state index in [1.54, 1.807) is 17.8 Å². The normalized spacial score (nSPS) is 19.8. The number of benzene rings is 1. The lowest BCUT2D eigenvalue weighted by Crippen LogP contribution is -2.44. The van der Waals surface area contributed by atoms with Crippen molar-refractivity contribution in [1.82, 2.24) is 10.2 Å². The minimum Gasteiger partial charge on any atom is -0.374 e. The molecule has 0 amide bonds. The second-order valence-electron chi connectivity index (χ2n) is 4.74. The first-order valence-corrected chi connectivity index (χ1v) is 7.62. The first kappa shape index (κ1) is 14.8. The Morgan fingerprint density at radius 2 is 2.32 bits per heavy atom. The van der Waals surface area contributed by atoms with Gasteiger partial charge < -0.3 is 15.0 Å². The van der Waals surface area contributed by atoms with Crippen molar-refractivity contribution >= 4 is 11.8 Å². The van der Waals surface area contributed by atoms with Crippen LogP contribution in [0.4, 0.5) is 4.39 Å². The molecule has 1 N–H and O–H groups in total. The third-order valence-corrected chi connectivity index (χ3v) is 4.12. The lowest BCUT2D eigenvalue weighted by Gasteiger charge is -2.27. The number of halogens is 1. The van der Waals surface area contributed by atoms with Crippen LogP contribution in [0.1, 0.15) is 0 Å². The summed E-state index contributed by atoms with van der Waals surface area (Å²) in [5, 5.41) is 3.32. The Balaban J connectivity index is 1.66. The topological polar surface area (TPSA) is 24.5 Å². The van der Waals surface area contributed by atoms with E-state index in [1.165, 1.54) is 6.07 Å². The van der Waals surface area contributed by atoms with E-state index >= 15 is 0 Å². The number of ether oxygens (including phenoxy) is 1. The molecule has 0 saturated carbocycles. The minimum atomic E-state index is -0.130. The molecule has 0 bridgehead atoms. The SMILES string of the molecule is CN(CCSc1ccccc1F)CC1CNCCO1. The fourth-order valence-electron chi connectivity index (χ4n) is 2.05. The number of hydrogen-bond acceptors (Lipinski definition) is 4. The van der Waals surface area contributed by atoms with Crippen LogP contribution in [0.25, 0.3) is 0 Å². The summed E-state index contributed by atoms with van der Waals surface area (Å²) in [6, 6.07) is 6.93. The van der Waals surface area contributed by atoms with Gasteiger partial charge in [0.2, 0.25) is 0 Å². The van der Waals surface area contributed by atoms with E-state index in [-0.39, 0.29) is 11.9 Å². The Morgan fingerprint density at radius 1 is 1.47 bits per heavy atom. The van der Waals surface area contributed by atoms with E-state index < -0.39 is 0 Å². The Hall–Kier alpha value is -0.620. The van der Waals surface area contributed by atoms with Crippen LogP contribution in [0.5, 0.6) is 0 Å². The molecule has 0 radical (unpaired) electrons. The van der Waals surface area contributed by atoms with E-state index in [2.05, 4.69) is 17.3 Å². The fraction of sp³-hybridized carbons (Fsp3) is 0.571. The highest BCUT2D eigenvalue weighted by molar-refractivity contribution is 7.99. The predicted octanol–water partition coefficient (Wildman–Crippen LogP) is 1.84. The van der Waals surface area contributed by atoms with Gasteiger partial charge >= 0.3 is 0 Å². The maximum atomic E-state index is 13.4. The van der Waals surface area contributed by atoms with Crippen molar-refractivity contribution in [1.29, 1.82) is 0 Å². The highest BCUT2D eigenvalue weighted by atomic mass is 32.2. The maximum absolute atomic E-state index is 13.4. The van der Waals surface area contributed by atoms with Crippen LogP contribution in [0.3, 0.4) is 0 Å². The van der Waals surface area contributed by atoms with Crippen LogP contribution in [-0.4, -0.2) is 56.6 Å². The van der Waals surface area contributed by atoms with Gasteiger partial charge in [-0.1, -0.05) is 12.1 Å². The molecule has 0 aromatic heterocycles. The molecule has 1 unspecified atom stereocenters. The number of hydrogen-bond donors (Lipinski definition) is 1. The highest BCUT2D eigenvalue weighted by Gasteiger charge is 2.15. The number of nitrogens with zero attached hydrogens (tertiary/aromatic N) is 1. The second kappa shape index (κ2) is 7.85. The van der Waals surface area contributed by atoms with Gasteiger partial charge in [-0.25, -0.2) is 4.39 Å². The van der Waals surface area contributed by atoms with Crippen molar-refractivity contribution < 1.29 is 9.13 Å². The molecule has 106 valence electrons. The molecular formula is C14H21FN2OS. The molecule has 0 spiro atoms.